The van der Waals surface area contributed by atoms with Crippen molar-refractivity contribution in [1.29, 1.82) is 0 Å². The SMILES string of the molecule is C=CC1(C)[n+]2cnc3c(sc4c(CC(C)C)cccc43)c2-c2occ(C)c2C1(C)CO. The first kappa shape index (κ1) is 20.4. The highest BCUT2D eigenvalue weighted by atomic mass is 32.1. The van der Waals surface area contributed by atoms with E-state index >= 15 is 0 Å². The summed E-state index contributed by atoms with van der Waals surface area (Å²) in [6, 6.07) is 6.54. The third-order valence-corrected chi connectivity index (χ3v) is 8.51. The summed E-state index contributed by atoms with van der Waals surface area (Å²) in [5.74, 6) is 1.42. The summed E-state index contributed by atoms with van der Waals surface area (Å²) in [6.45, 7) is 14.9. The van der Waals surface area contributed by atoms with Crippen LogP contribution in [-0.4, -0.2) is 16.7 Å². The average Bonchev–Trinajstić information content (AvgIpc) is 3.32. The molecule has 4 aromatic rings. The van der Waals surface area contributed by atoms with Crippen LogP contribution in [0.15, 0.2) is 47.9 Å². The molecule has 0 bridgehead atoms. The zero-order valence-corrected chi connectivity index (χ0v) is 19.6. The van der Waals surface area contributed by atoms with Gasteiger partial charge in [0, 0.05) is 15.6 Å². The Morgan fingerprint density at radius 1 is 1.29 bits per heavy atom. The van der Waals surface area contributed by atoms with E-state index in [1.807, 2.05) is 18.7 Å². The van der Waals surface area contributed by atoms with Crippen molar-refractivity contribution in [1.82, 2.24) is 4.98 Å². The van der Waals surface area contributed by atoms with Gasteiger partial charge in [-0.3, -0.25) is 0 Å². The van der Waals surface area contributed by atoms with Gasteiger partial charge in [-0.25, -0.2) is 4.57 Å². The van der Waals surface area contributed by atoms with Gasteiger partial charge in [-0.2, -0.15) is 0 Å². The van der Waals surface area contributed by atoms with E-state index in [-0.39, 0.29) is 6.61 Å². The molecule has 160 valence electrons. The first-order chi connectivity index (χ1) is 14.8. The Labute approximate surface area is 186 Å². The fraction of sp³-hybridized carbons (Fsp3) is 0.385. The monoisotopic (exact) mass is 433 g/mol. The fourth-order valence-corrected chi connectivity index (χ4v) is 6.60. The number of furan rings is 1. The number of aliphatic hydroxyl groups is 1. The summed E-state index contributed by atoms with van der Waals surface area (Å²) in [5, 5.41) is 11.8. The van der Waals surface area contributed by atoms with Crippen molar-refractivity contribution in [2.75, 3.05) is 6.61 Å². The van der Waals surface area contributed by atoms with Crippen LogP contribution >= 0.6 is 11.3 Å². The van der Waals surface area contributed by atoms with Crippen LogP contribution in [0.25, 0.3) is 31.8 Å². The van der Waals surface area contributed by atoms with Crippen LogP contribution in [0.5, 0.6) is 0 Å². The zero-order valence-electron chi connectivity index (χ0n) is 18.8. The Balaban J connectivity index is 1.93. The van der Waals surface area contributed by atoms with Crippen molar-refractivity contribution in [2.24, 2.45) is 5.92 Å². The smallest absolute Gasteiger partial charge is 0.288 e. The summed E-state index contributed by atoms with van der Waals surface area (Å²) in [5.41, 5.74) is 4.38. The number of hydrogen-bond donors (Lipinski definition) is 1. The molecule has 2 atom stereocenters. The summed E-state index contributed by atoms with van der Waals surface area (Å²) in [6.07, 6.45) is 6.68. The Morgan fingerprint density at radius 2 is 2.06 bits per heavy atom. The molecule has 5 heteroatoms. The third-order valence-electron chi connectivity index (χ3n) is 7.23. The molecule has 0 radical (unpaired) electrons. The molecule has 4 heterocycles. The molecule has 0 saturated heterocycles. The molecule has 2 unspecified atom stereocenters. The molecule has 0 amide bonds. The average molecular weight is 434 g/mol. The lowest BCUT2D eigenvalue weighted by Gasteiger charge is -2.45. The van der Waals surface area contributed by atoms with Gasteiger partial charge in [0.15, 0.2) is 11.5 Å². The minimum atomic E-state index is -0.576. The van der Waals surface area contributed by atoms with Crippen LogP contribution in [0, 0.1) is 12.8 Å². The van der Waals surface area contributed by atoms with Crippen molar-refractivity contribution in [2.45, 2.75) is 52.0 Å². The van der Waals surface area contributed by atoms with E-state index in [2.05, 4.69) is 64.0 Å². The van der Waals surface area contributed by atoms with Crippen LogP contribution in [0.4, 0.5) is 0 Å². The Kier molecular flexibility index (Phi) is 4.44. The van der Waals surface area contributed by atoms with Gasteiger partial charge in [0.1, 0.15) is 10.2 Å². The van der Waals surface area contributed by atoms with E-state index < -0.39 is 11.0 Å². The Bertz CT molecular complexity index is 1350. The second kappa shape index (κ2) is 6.75. The first-order valence-corrected chi connectivity index (χ1v) is 11.7. The largest absolute Gasteiger partial charge is 0.460 e. The standard InChI is InChI=1S/C26H29N2O2S/c1-7-26(6)25(5,13-29)19-16(4)12-30-22(19)21-24-20(27-14-28(21)26)18-10-8-9-17(11-15(2)3)23(18)31-24/h7-10,12,14-15,29H,1,11,13H2,2-6H3/q+1. The lowest BCUT2D eigenvalue weighted by Crippen LogP contribution is -2.68. The molecule has 4 nitrogen and oxygen atoms in total. The van der Waals surface area contributed by atoms with Gasteiger partial charge in [-0.15, -0.1) is 11.3 Å². The molecule has 1 N–H and O–H groups in total. The number of hydrogen-bond acceptors (Lipinski definition) is 4. The van der Waals surface area contributed by atoms with Gasteiger partial charge in [0.25, 0.3) is 6.33 Å². The molecule has 1 aliphatic heterocycles. The van der Waals surface area contributed by atoms with Crippen molar-refractivity contribution in [3.63, 3.8) is 0 Å². The van der Waals surface area contributed by atoms with Crippen LogP contribution in [0.2, 0.25) is 0 Å². The number of aliphatic hydroxyl groups excluding tert-OH is 1. The molecule has 5 rings (SSSR count). The number of fused-ring (bicyclic) bond motifs is 7. The van der Waals surface area contributed by atoms with Crippen LogP contribution in [0.1, 0.15) is 44.4 Å². The van der Waals surface area contributed by atoms with Gasteiger partial charge in [-0.05, 0) is 61.4 Å². The van der Waals surface area contributed by atoms with E-state index in [0.717, 1.165) is 39.2 Å². The zero-order chi connectivity index (χ0) is 22.1. The predicted octanol–water partition coefficient (Wildman–Crippen LogP) is 5.67. The number of allylic oxidation sites excluding steroid dienone is 1. The summed E-state index contributed by atoms with van der Waals surface area (Å²) in [4.78, 5) is 4.93. The Hall–Kier alpha value is -2.50. The van der Waals surface area contributed by atoms with Gasteiger partial charge >= 0.3 is 0 Å². The predicted molar refractivity (Wildman–Crippen MR) is 127 cm³/mol. The number of benzene rings is 1. The first-order valence-electron chi connectivity index (χ1n) is 10.9. The number of aromatic nitrogens is 2. The Morgan fingerprint density at radius 3 is 2.74 bits per heavy atom. The van der Waals surface area contributed by atoms with Gasteiger partial charge in [0.05, 0.1) is 18.3 Å². The summed E-state index contributed by atoms with van der Waals surface area (Å²) >= 11 is 1.80. The summed E-state index contributed by atoms with van der Waals surface area (Å²) < 4.78 is 10.7. The maximum absolute atomic E-state index is 10.6. The maximum Gasteiger partial charge on any atom is 0.288 e. The highest BCUT2D eigenvalue weighted by Crippen LogP contribution is 2.51. The summed E-state index contributed by atoms with van der Waals surface area (Å²) in [7, 11) is 0. The van der Waals surface area contributed by atoms with Crippen molar-refractivity contribution in [3.05, 3.63) is 60.1 Å². The van der Waals surface area contributed by atoms with Crippen molar-refractivity contribution < 1.29 is 14.1 Å². The molecule has 3 aromatic heterocycles. The van der Waals surface area contributed by atoms with Crippen molar-refractivity contribution in [3.8, 4) is 11.5 Å². The van der Waals surface area contributed by atoms with E-state index in [1.54, 1.807) is 11.3 Å². The number of aryl methyl sites for hydroxylation is 1. The van der Waals surface area contributed by atoms with Gasteiger partial charge < -0.3 is 9.52 Å². The molecule has 31 heavy (non-hydrogen) atoms. The minimum absolute atomic E-state index is 0.0156. The molecule has 1 aliphatic rings. The lowest BCUT2D eigenvalue weighted by molar-refractivity contribution is -0.753. The maximum atomic E-state index is 10.6. The molecular formula is C26H29N2O2S+. The third kappa shape index (κ3) is 2.50. The van der Waals surface area contributed by atoms with Gasteiger partial charge in [-0.1, -0.05) is 32.6 Å². The topological polar surface area (TPSA) is 50.1 Å². The van der Waals surface area contributed by atoms with E-state index in [0.29, 0.717) is 5.92 Å². The van der Waals surface area contributed by atoms with Gasteiger partial charge in [0.2, 0.25) is 5.52 Å². The molecule has 0 aliphatic carbocycles. The van der Waals surface area contributed by atoms with E-state index in [4.69, 9.17) is 9.40 Å². The quantitative estimate of drug-likeness (QED) is 0.333. The van der Waals surface area contributed by atoms with E-state index in [9.17, 15) is 5.11 Å². The van der Waals surface area contributed by atoms with Crippen LogP contribution in [0.3, 0.4) is 0 Å². The second-order valence-corrected chi connectivity index (χ2v) is 10.6. The van der Waals surface area contributed by atoms with Crippen molar-refractivity contribution >= 4 is 31.6 Å². The highest BCUT2D eigenvalue weighted by molar-refractivity contribution is 7.26. The van der Waals surface area contributed by atoms with Crippen LogP contribution in [-0.2, 0) is 17.4 Å². The number of thiophene rings is 1. The minimum Gasteiger partial charge on any atom is -0.460 e. The number of rotatable bonds is 4. The number of nitrogens with zero attached hydrogens (tertiary/aromatic N) is 2. The lowest BCUT2D eigenvalue weighted by atomic mass is 9.64. The molecule has 0 fully saturated rings. The second-order valence-electron chi connectivity index (χ2n) is 9.60. The highest BCUT2D eigenvalue weighted by Gasteiger charge is 2.56. The van der Waals surface area contributed by atoms with E-state index in [1.165, 1.54) is 15.6 Å². The molecule has 0 saturated carbocycles. The normalized spacial score (nSPS) is 22.8. The van der Waals surface area contributed by atoms with Crippen LogP contribution < -0.4 is 4.57 Å². The molecule has 1 aromatic carbocycles. The molecular weight excluding hydrogens is 404 g/mol. The molecule has 0 spiro atoms. The fourth-order valence-electron chi connectivity index (χ4n) is 5.29.